The van der Waals surface area contributed by atoms with Gasteiger partial charge in [-0.3, -0.25) is 14.4 Å². The summed E-state index contributed by atoms with van der Waals surface area (Å²) >= 11 is 0. The Kier molecular flexibility index (Phi) is 7.94. The maximum absolute atomic E-state index is 13.0. The van der Waals surface area contributed by atoms with E-state index in [0.717, 1.165) is 5.56 Å². The van der Waals surface area contributed by atoms with Crippen LogP contribution in [0.15, 0.2) is 30.3 Å². The number of nitrogens with one attached hydrogen (secondary N) is 1. The largest absolute Gasteiger partial charge is 0.444 e. The van der Waals surface area contributed by atoms with E-state index in [1.807, 2.05) is 30.3 Å². The van der Waals surface area contributed by atoms with E-state index in [9.17, 15) is 19.2 Å². The minimum atomic E-state index is -0.584. The van der Waals surface area contributed by atoms with Crippen LogP contribution < -0.4 is 5.32 Å². The van der Waals surface area contributed by atoms with Gasteiger partial charge in [-0.15, -0.1) is 0 Å². The van der Waals surface area contributed by atoms with Crippen LogP contribution in [0.3, 0.4) is 0 Å². The highest BCUT2D eigenvalue weighted by molar-refractivity contribution is 5.89. The molecule has 3 rings (SSSR count). The number of amides is 4. The van der Waals surface area contributed by atoms with Crippen LogP contribution in [-0.4, -0.2) is 83.4 Å². The van der Waals surface area contributed by atoms with E-state index in [1.165, 1.54) is 0 Å². The van der Waals surface area contributed by atoms with Crippen LogP contribution in [-0.2, 0) is 25.7 Å². The molecule has 2 aliphatic heterocycles. The molecule has 0 bridgehead atoms. The average Bonchev–Trinajstić information content (AvgIpc) is 3.13. The minimum Gasteiger partial charge on any atom is -0.444 e. The number of hydrogen-bond acceptors (Lipinski definition) is 5. The summed E-state index contributed by atoms with van der Waals surface area (Å²) in [5, 5.41) is 2.59. The summed E-state index contributed by atoms with van der Waals surface area (Å²) in [6.07, 6.45) is -0.127. The van der Waals surface area contributed by atoms with Crippen molar-refractivity contribution in [3.8, 4) is 0 Å². The van der Waals surface area contributed by atoms with Gasteiger partial charge >= 0.3 is 6.09 Å². The standard InChI is InChI=1S/C24H34N4O5/c1-24(2,3)33-23(32)25-10-9-20(29)26-11-13-27(14-12-26)22(31)19-15-21(30)28(17-19)16-18-7-5-4-6-8-18/h4-8,19H,9-17H2,1-3H3,(H,25,32). The molecule has 4 amide bonds. The summed E-state index contributed by atoms with van der Waals surface area (Å²) in [6, 6.07) is 9.76. The third kappa shape index (κ3) is 7.20. The lowest BCUT2D eigenvalue weighted by molar-refractivity contribution is -0.142. The number of alkyl carbamates (subject to hydrolysis) is 1. The fourth-order valence-electron chi connectivity index (χ4n) is 4.07. The Bertz CT molecular complexity index is 859. The van der Waals surface area contributed by atoms with E-state index in [4.69, 9.17) is 4.74 Å². The van der Waals surface area contributed by atoms with Gasteiger partial charge in [0.05, 0.1) is 5.92 Å². The van der Waals surface area contributed by atoms with Crippen molar-refractivity contribution in [2.75, 3.05) is 39.3 Å². The maximum atomic E-state index is 13.0. The summed E-state index contributed by atoms with van der Waals surface area (Å²) in [5.74, 6) is -0.411. The molecule has 2 fully saturated rings. The van der Waals surface area contributed by atoms with E-state index < -0.39 is 11.7 Å². The molecule has 9 heteroatoms. The Labute approximate surface area is 195 Å². The lowest BCUT2D eigenvalue weighted by atomic mass is 10.1. The number of piperazine rings is 1. The van der Waals surface area contributed by atoms with Crippen LogP contribution >= 0.6 is 0 Å². The SMILES string of the molecule is CC(C)(C)OC(=O)NCCC(=O)N1CCN(C(=O)C2CC(=O)N(Cc3ccccc3)C2)CC1. The molecule has 1 atom stereocenters. The van der Waals surface area contributed by atoms with Gasteiger partial charge in [-0.05, 0) is 26.3 Å². The summed E-state index contributed by atoms with van der Waals surface area (Å²) in [4.78, 5) is 54.7. The van der Waals surface area contributed by atoms with Gasteiger partial charge in [-0.2, -0.15) is 0 Å². The third-order valence-electron chi connectivity index (χ3n) is 5.73. The van der Waals surface area contributed by atoms with Crippen molar-refractivity contribution in [3.05, 3.63) is 35.9 Å². The number of carbonyl (C=O) groups excluding carboxylic acids is 4. The Balaban J connectivity index is 1.39. The number of likely N-dealkylation sites (tertiary alicyclic amines) is 1. The topological polar surface area (TPSA) is 99.3 Å². The van der Waals surface area contributed by atoms with E-state index >= 15 is 0 Å². The van der Waals surface area contributed by atoms with Crippen LogP contribution in [0.5, 0.6) is 0 Å². The lowest BCUT2D eigenvalue weighted by Gasteiger charge is -2.36. The van der Waals surface area contributed by atoms with Crippen molar-refractivity contribution in [3.63, 3.8) is 0 Å². The van der Waals surface area contributed by atoms with E-state index in [2.05, 4.69) is 5.32 Å². The average molecular weight is 459 g/mol. The normalized spacial score (nSPS) is 18.9. The molecule has 1 unspecified atom stereocenters. The van der Waals surface area contributed by atoms with Gasteiger partial charge < -0.3 is 24.8 Å². The van der Waals surface area contributed by atoms with Crippen LogP contribution in [0, 0.1) is 5.92 Å². The fraction of sp³-hybridized carbons (Fsp3) is 0.583. The first kappa shape index (κ1) is 24.5. The van der Waals surface area contributed by atoms with Gasteiger partial charge in [0.25, 0.3) is 0 Å². The summed E-state index contributed by atoms with van der Waals surface area (Å²) in [6.45, 7) is 8.29. The number of nitrogens with zero attached hydrogens (tertiary/aromatic N) is 3. The molecule has 1 aromatic rings. The number of benzene rings is 1. The smallest absolute Gasteiger partial charge is 0.407 e. The Hall–Kier alpha value is -3.10. The second-order valence-electron chi connectivity index (χ2n) is 9.55. The second-order valence-corrected chi connectivity index (χ2v) is 9.55. The van der Waals surface area contributed by atoms with Crippen molar-refractivity contribution >= 4 is 23.8 Å². The van der Waals surface area contributed by atoms with Gasteiger partial charge in [0.2, 0.25) is 17.7 Å². The molecule has 9 nitrogen and oxygen atoms in total. The summed E-state index contributed by atoms with van der Waals surface area (Å²) in [5.41, 5.74) is 0.465. The Morgan fingerprint density at radius 3 is 2.30 bits per heavy atom. The zero-order valence-electron chi connectivity index (χ0n) is 19.7. The Morgan fingerprint density at radius 1 is 1.03 bits per heavy atom. The highest BCUT2D eigenvalue weighted by Crippen LogP contribution is 2.23. The first-order valence-electron chi connectivity index (χ1n) is 11.5. The van der Waals surface area contributed by atoms with Gasteiger partial charge in [-0.25, -0.2) is 4.79 Å². The second kappa shape index (κ2) is 10.7. The summed E-state index contributed by atoms with van der Waals surface area (Å²) < 4.78 is 5.16. The lowest BCUT2D eigenvalue weighted by Crippen LogP contribution is -2.52. The molecule has 2 saturated heterocycles. The van der Waals surface area contributed by atoms with E-state index in [-0.39, 0.29) is 43.0 Å². The molecule has 0 radical (unpaired) electrons. The van der Waals surface area contributed by atoms with Crippen molar-refractivity contribution in [1.82, 2.24) is 20.0 Å². The van der Waals surface area contributed by atoms with Crippen molar-refractivity contribution in [2.45, 2.75) is 45.8 Å². The maximum Gasteiger partial charge on any atom is 0.407 e. The third-order valence-corrected chi connectivity index (χ3v) is 5.73. The van der Waals surface area contributed by atoms with Crippen LogP contribution in [0.4, 0.5) is 4.79 Å². The molecule has 0 saturated carbocycles. The van der Waals surface area contributed by atoms with Gasteiger partial charge in [0, 0.05) is 58.7 Å². The van der Waals surface area contributed by atoms with E-state index in [1.54, 1.807) is 35.5 Å². The first-order chi connectivity index (χ1) is 15.6. The van der Waals surface area contributed by atoms with Gasteiger partial charge in [0.1, 0.15) is 5.60 Å². The zero-order chi connectivity index (χ0) is 24.0. The molecule has 0 aromatic heterocycles. The zero-order valence-corrected chi connectivity index (χ0v) is 19.7. The molecular weight excluding hydrogens is 424 g/mol. The van der Waals surface area contributed by atoms with Crippen molar-refractivity contribution in [1.29, 1.82) is 0 Å². The predicted octanol–water partition coefficient (Wildman–Crippen LogP) is 1.62. The minimum absolute atomic E-state index is 0.00324. The molecule has 180 valence electrons. The quantitative estimate of drug-likeness (QED) is 0.699. The van der Waals surface area contributed by atoms with Crippen LogP contribution in [0.2, 0.25) is 0 Å². The highest BCUT2D eigenvalue weighted by atomic mass is 16.6. The number of carbonyl (C=O) groups is 4. The molecule has 2 heterocycles. The first-order valence-corrected chi connectivity index (χ1v) is 11.5. The Morgan fingerprint density at radius 2 is 1.67 bits per heavy atom. The molecular formula is C24H34N4O5. The van der Waals surface area contributed by atoms with E-state index in [0.29, 0.717) is 39.3 Å². The molecule has 0 aliphatic carbocycles. The number of ether oxygens (including phenoxy) is 1. The molecule has 1 aromatic carbocycles. The van der Waals surface area contributed by atoms with Crippen LogP contribution in [0.1, 0.15) is 39.2 Å². The molecule has 1 N–H and O–H groups in total. The fourth-order valence-corrected chi connectivity index (χ4v) is 4.07. The highest BCUT2D eigenvalue weighted by Gasteiger charge is 2.37. The predicted molar refractivity (Wildman–Crippen MR) is 122 cm³/mol. The number of rotatable bonds is 6. The number of hydrogen-bond donors (Lipinski definition) is 1. The summed E-state index contributed by atoms with van der Waals surface area (Å²) in [7, 11) is 0. The monoisotopic (exact) mass is 458 g/mol. The molecule has 0 spiro atoms. The van der Waals surface area contributed by atoms with Gasteiger partial charge in [0.15, 0.2) is 0 Å². The van der Waals surface area contributed by atoms with Gasteiger partial charge in [-0.1, -0.05) is 30.3 Å². The van der Waals surface area contributed by atoms with Crippen molar-refractivity contribution in [2.24, 2.45) is 5.92 Å². The molecule has 33 heavy (non-hydrogen) atoms. The van der Waals surface area contributed by atoms with Crippen LogP contribution in [0.25, 0.3) is 0 Å². The van der Waals surface area contributed by atoms with Crippen molar-refractivity contribution < 1.29 is 23.9 Å². The molecule has 2 aliphatic rings.